The van der Waals surface area contributed by atoms with Crippen LogP contribution in [0.2, 0.25) is 0 Å². The van der Waals surface area contributed by atoms with Crippen molar-refractivity contribution in [2.24, 2.45) is 0 Å². The molecule has 0 spiro atoms. The van der Waals surface area contributed by atoms with Gasteiger partial charge in [0.15, 0.2) is 18.1 Å². The highest BCUT2D eigenvalue weighted by molar-refractivity contribution is 7.94. The van der Waals surface area contributed by atoms with E-state index in [2.05, 4.69) is 4.72 Å². The fourth-order valence-electron chi connectivity index (χ4n) is 2.84. The average Bonchev–Trinajstić information content (AvgIpc) is 3.37. The largest absolute Gasteiger partial charge is 0.493 e. The number of ether oxygens (including phenoxy) is 4. The standard InChI is InChI=1S/C22H21NO8S2/c1-28-18-11-15(12-19(29-2)21(18)30-3)17(24)13-31-22(25)14-6-8-16(9-7-14)23-33(26,27)20-5-4-10-32-20/h4-12,23H,13H2,1-3H3. The first-order chi connectivity index (χ1) is 15.8. The van der Waals surface area contributed by atoms with Crippen LogP contribution in [-0.2, 0) is 14.8 Å². The molecular formula is C22H21NO8S2. The predicted octanol–water partition coefficient (Wildman–Crippen LogP) is 3.61. The van der Waals surface area contributed by atoms with E-state index in [-0.39, 0.29) is 21.0 Å². The normalized spacial score (nSPS) is 10.9. The highest BCUT2D eigenvalue weighted by atomic mass is 32.2. The van der Waals surface area contributed by atoms with Crippen LogP contribution >= 0.6 is 11.3 Å². The summed E-state index contributed by atoms with van der Waals surface area (Å²) < 4.78 is 47.9. The van der Waals surface area contributed by atoms with Crippen molar-refractivity contribution in [1.29, 1.82) is 0 Å². The summed E-state index contributed by atoms with van der Waals surface area (Å²) in [5.74, 6) is -0.269. The molecule has 0 saturated carbocycles. The molecule has 0 atom stereocenters. The Morgan fingerprint density at radius 2 is 1.55 bits per heavy atom. The molecule has 1 heterocycles. The number of nitrogens with one attached hydrogen (secondary N) is 1. The van der Waals surface area contributed by atoms with Crippen molar-refractivity contribution in [3.05, 3.63) is 65.0 Å². The number of hydrogen-bond donors (Lipinski definition) is 1. The number of Topliss-reactive ketones (excluding diaryl/α,β-unsaturated/α-hetero) is 1. The van der Waals surface area contributed by atoms with Gasteiger partial charge in [0.05, 0.1) is 26.9 Å². The molecule has 174 valence electrons. The number of carbonyl (C=O) groups excluding carboxylic acids is 2. The van der Waals surface area contributed by atoms with Gasteiger partial charge < -0.3 is 18.9 Å². The van der Waals surface area contributed by atoms with Crippen LogP contribution < -0.4 is 18.9 Å². The zero-order valence-corrected chi connectivity index (χ0v) is 19.6. The van der Waals surface area contributed by atoms with E-state index >= 15 is 0 Å². The van der Waals surface area contributed by atoms with Crippen LogP contribution in [0.5, 0.6) is 17.2 Å². The molecule has 0 aliphatic rings. The second-order valence-corrected chi connectivity index (χ2v) is 9.39. The molecule has 0 aliphatic heterocycles. The minimum atomic E-state index is -3.69. The molecule has 0 aliphatic carbocycles. The number of esters is 1. The summed E-state index contributed by atoms with van der Waals surface area (Å²) in [5, 5.41) is 1.66. The molecule has 0 radical (unpaired) electrons. The summed E-state index contributed by atoms with van der Waals surface area (Å²) in [4.78, 5) is 24.9. The van der Waals surface area contributed by atoms with E-state index in [1.807, 2.05) is 0 Å². The molecule has 33 heavy (non-hydrogen) atoms. The van der Waals surface area contributed by atoms with Crippen molar-refractivity contribution in [3.8, 4) is 17.2 Å². The highest BCUT2D eigenvalue weighted by Gasteiger charge is 2.19. The Balaban J connectivity index is 1.64. The second kappa shape index (κ2) is 10.4. The third-order valence-corrected chi connectivity index (χ3v) is 7.23. The van der Waals surface area contributed by atoms with Gasteiger partial charge in [-0.15, -0.1) is 11.3 Å². The van der Waals surface area contributed by atoms with Crippen LogP contribution in [0.4, 0.5) is 5.69 Å². The Morgan fingerprint density at radius 3 is 2.06 bits per heavy atom. The predicted molar refractivity (Wildman–Crippen MR) is 122 cm³/mol. The van der Waals surface area contributed by atoms with E-state index in [0.717, 1.165) is 11.3 Å². The van der Waals surface area contributed by atoms with E-state index in [9.17, 15) is 18.0 Å². The smallest absolute Gasteiger partial charge is 0.338 e. The molecule has 0 amide bonds. The first-order valence-electron chi connectivity index (χ1n) is 9.45. The third-order valence-electron chi connectivity index (χ3n) is 4.45. The zero-order valence-electron chi connectivity index (χ0n) is 18.0. The van der Waals surface area contributed by atoms with Crippen molar-refractivity contribution in [3.63, 3.8) is 0 Å². The van der Waals surface area contributed by atoms with Gasteiger partial charge in [0.1, 0.15) is 4.21 Å². The lowest BCUT2D eigenvalue weighted by Gasteiger charge is -2.13. The number of anilines is 1. The maximum absolute atomic E-state index is 12.5. The Kier molecular flexibility index (Phi) is 7.56. The van der Waals surface area contributed by atoms with Crippen molar-refractivity contribution in [2.75, 3.05) is 32.7 Å². The van der Waals surface area contributed by atoms with Crippen LogP contribution in [-0.4, -0.2) is 48.1 Å². The van der Waals surface area contributed by atoms with Gasteiger partial charge in [-0.1, -0.05) is 6.07 Å². The molecule has 3 rings (SSSR count). The summed E-state index contributed by atoms with van der Waals surface area (Å²) in [5.41, 5.74) is 0.663. The van der Waals surface area contributed by atoms with Crippen LogP contribution in [0.1, 0.15) is 20.7 Å². The van der Waals surface area contributed by atoms with E-state index in [1.165, 1.54) is 63.8 Å². The molecule has 3 aromatic rings. The van der Waals surface area contributed by atoms with Crippen LogP contribution in [0, 0.1) is 0 Å². The summed E-state index contributed by atoms with van der Waals surface area (Å²) in [6.45, 7) is -0.510. The van der Waals surface area contributed by atoms with E-state index in [4.69, 9.17) is 18.9 Å². The lowest BCUT2D eigenvalue weighted by molar-refractivity contribution is 0.0474. The molecule has 0 unspecified atom stereocenters. The number of hydrogen-bond acceptors (Lipinski definition) is 9. The van der Waals surface area contributed by atoms with Gasteiger partial charge in [0, 0.05) is 11.3 Å². The van der Waals surface area contributed by atoms with Gasteiger partial charge in [0.25, 0.3) is 10.0 Å². The van der Waals surface area contributed by atoms with Gasteiger partial charge in [-0.25, -0.2) is 13.2 Å². The Hall–Kier alpha value is -3.57. The maximum atomic E-state index is 12.5. The Morgan fingerprint density at radius 1 is 0.909 bits per heavy atom. The molecule has 1 aromatic heterocycles. The van der Waals surface area contributed by atoms with E-state index in [1.54, 1.807) is 11.4 Å². The van der Waals surface area contributed by atoms with Crippen molar-refractivity contribution in [2.45, 2.75) is 4.21 Å². The molecule has 9 nitrogen and oxygen atoms in total. The number of ketones is 1. The molecule has 0 fully saturated rings. The fraction of sp³-hybridized carbons (Fsp3) is 0.182. The van der Waals surface area contributed by atoms with E-state index in [0.29, 0.717) is 17.2 Å². The molecule has 1 N–H and O–H groups in total. The first kappa shape index (κ1) is 24.1. The number of benzene rings is 2. The van der Waals surface area contributed by atoms with Gasteiger partial charge in [-0.2, -0.15) is 0 Å². The van der Waals surface area contributed by atoms with E-state index < -0.39 is 28.4 Å². The lowest BCUT2D eigenvalue weighted by atomic mass is 10.1. The first-order valence-corrected chi connectivity index (χ1v) is 11.8. The quantitative estimate of drug-likeness (QED) is 0.338. The average molecular weight is 492 g/mol. The highest BCUT2D eigenvalue weighted by Crippen LogP contribution is 2.38. The Labute approximate surface area is 194 Å². The van der Waals surface area contributed by atoms with Gasteiger partial charge >= 0.3 is 5.97 Å². The maximum Gasteiger partial charge on any atom is 0.338 e. The van der Waals surface area contributed by atoms with Crippen LogP contribution in [0.25, 0.3) is 0 Å². The molecular weight excluding hydrogens is 470 g/mol. The molecule has 2 aromatic carbocycles. The molecule has 0 bridgehead atoms. The van der Waals surface area contributed by atoms with Crippen molar-refractivity contribution in [1.82, 2.24) is 0 Å². The summed E-state index contributed by atoms with van der Waals surface area (Å²) in [6, 6.07) is 11.7. The fourth-order valence-corrected chi connectivity index (χ4v) is 4.89. The number of rotatable bonds is 10. The minimum absolute atomic E-state index is 0.159. The monoisotopic (exact) mass is 491 g/mol. The van der Waals surface area contributed by atoms with Gasteiger partial charge in [-0.05, 0) is 47.8 Å². The second-order valence-electron chi connectivity index (χ2n) is 6.53. The van der Waals surface area contributed by atoms with Gasteiger partial charge in [0.2, 0.25) is 11.5 Å². The SMILES string of the molecule is COc1cc(C(=O)COC(=O)c2ccc(NS(=O)(=O)c3cccs3)cc2)cc(OC)c1OC. The summed E-state index contributed by atoms with van der Waals surface area (Å²) in [6.07, 6.45) is 0. The van der Waals surface area contributed by atoms with Crippen LogP contribution in [0.3, 0.4) is 0 Å². The van der Waals surface area contributed by atoms with Crippen LogP contribution in [0.15, 0.2) is 58.1 Å². The lowest BCUT2D eigenvalue weighted by Crippen LogP contribution is -2.15. The number of sulfonamides is 1. The molecule has 0 saturated heterocycles. The topological polar surface area (TPSA) is 117 Å². The number of thiophene rings is 1. The summed E-state index contributed by atoms with van der Waals surface area (Å²) >= 11 is 1.09. The van der Waals surface area contributed by atoms with Crippen molar-refractivity contribution >= 4 is 38.8 Å². The zero-order chi connectivity index (χ0) is 24.0. The number of carbonyl (C=O) groups is 2. The summed E-state index contributed by atoms with van der Waals surface area (Å²) in [7, 11) is 0.606. The van der Waals surface area contributed by atoms with Crippen molar-refractivity contribution < 1.29 is 37.0 Å². The number of methoxy groups -OCH3 is 3. The Bertz CT molecular complexity index is 1210. The third kappa shape index (κ3) is 5.62. The molecule has 11 heteroatoms. The minimum Gasteiger partial charge on any atom is -0.493 e. The van der Waals surface area contributed by atoms with Gasteiger partial charge in [-0.3, -0.25) is 9.52 Å².